The lowest BCUT2D eigenvalue weighted by Crippen LogP contribution is -2.33. The predicted octanol–water partition coefficient (Wildman–Crippen LogP) is 3.55. The Hall–Kier alpha value is -0.220. The van der Waals surface area contributed by atoms with Crippen LogP contribution >= 0.6 is 11.8 Å². The third kappa shape index (κ3) is 5.74. The molecule has 0 aliphatic carbocycles. The van der Waals surface area contributed by atoms with E-state index in [0.29, 0.717) is 5.25 Å². The smallest absolute Gasteiger partial charge is 0.156 e. The van der Waals surface area contributed by atoms with Gasteiger partial charge in [0.15, 0.2) is 5.17 Å². The highest BCUT2D eigenvalue weighted by molar-refractivity contribution is 8.14. The second-order valence-corrected chi connectivity index (χ2v) is 7.37. The van der Waals surface area contributed by atoms with E-state index in [1.54, 1.807) is 7.11 Å². The monoisotopic (exact) mass is 286 g/mol. The van der Waals surface area contributed by atoms with E-state index in [1.165, 1.54) is 12.8 Å². The van der Waals surface area contributed by atoms with Crippen molar-refractivity contribution in [3.63, 3.8) is 0 Å². The largest absolute Gasteiger partial charge is 0.385 e. The first-order valence-corrected chi connectivity index (χ1v) is 8.34. The summed E-state index contributed by atoms with van der Waals surface area (Å²) in [5.74, 6) is 0.801. The Kier molecular flexibility index (Phi) is 7.22. The molecule has 1 rings (SSSR count). The molecule has 19 heavy (non-hydrogen) atoms. The van der Waals surface area contributed by atoms with Gasteiger partial charge in [0.2, 0.25) is 0 Å². The van der Waals surface area contributed by atoms with Gasteiger partial charge in [0, 0.05) is 25.5 Å². The molecule has 1 aliphatic rings. The molecule has 0 saturated carbocycles. The molecule has 1 atom stereocenters. The Morgan fingerprint density at radius 1 is 1.42 bits per heavy atom. The summed E-state index contributed by atoms with van der Waals surface area (Å²) in [4.78, 5) is 4.65. The molecular weight excluding hydrogens is 256 g/mol. The van der Waals surface area contributed by atoms with Crippen LogP contribution in [-0.2, 0) is 4.74 Å². The molecule has 0 saturated heterocycles. The normalized spacial score (nSPS) is 19.9. The Morgan fingerprint density at radius 2 is 2.11 bits per heavy atom. The zero-order valence-corrected chi connectivity index (χ0v) is 14.0. The molecule has 0 radical (unpaired) electrons. The van der Waals surface area contributed by atoms with E-state index < -0.39 is 0 Å². The summed E-state index contributed by atoms with van der Waals surface area (Å²) in [6.07, 6.45) is 3.59. The lowest BCUT2D eigenvalue weighted by Gasteiger charge is -2.25. The summed E-state index contributed by atoms with van der Waals surface area (Å²) >= 11 is 1.94. The van der Waals surface area contributed by atoms with Crippen molar-refractivity contribution in [3.05, 3.63) is 0 Å². The number of nitrogens with one attached hydrogen (secondary N) is 1. The van der Waals surface area contributed by atoms with E-state index in [9.17, 15) is 0 Å². The second-order valence-electron chi connectivity index (χ2n) is 6.14. The van der Waals surface area contributed by atoms with Gasteiger partial charge in [-0.1, -0.05) is 52.3 Å². The maximum absolute atomic E-state index is 5.16. The standard InChI is InChI=1S/C15H30N2OS/c1-6-12(7-2)13-10-16-14(19-13)17-11-15(3,4)8-9-18-5/h12-13H,6-11H2,1-5H3,(H,16,17). The highest BCUT2D eigenvalue weighted by Crippen LogP contribution is 2.30. The summed E-state index contributed by atoms with van der Waals surface area (Å²) in [6, 6.07) is 0. The number of hydrogen-bond donors (Lipinski definition) is 1. The van der Waals surface area contributed by atoms with E-state index in [4.69, 9.17) is 4.74 Å². The van der Waals surface area contributed by atoms with Gasteiger partial charge in [0.25, 0.3) is 0 Å². The van der Waals surface area contributed by atoms with Gasteiger partial charge < -0.3 is 10.1 Å². The van der Waals surface area contributed by atoms with E-state index in [2.05, 4.69) is 38.0 Å². The summed E-state index contributed by atoms with van der Waals surface area (Å²) in [5.41, 5.74) is 0.256. The number of methoxy groups -OCH3 is 1. The van der Waals surface area contributed by atoms with Crippen LogP contribution in [0.4, 0.5) is 0 Å². The molecule has 4 heteroatoms. The molecule has 1 unspecified atom stereocenters. The van der Waals surface area contributed by atoms with E-state index in [1.807, 2.05) is 11.8 Å². The Morgan fingerprint density at radius 3 is 2.68 bits per heavy atom. The third-order valence-electron chi connectivity index (χ3n) is 3.95. The fraction of sp³-hybridized carbons (Fsp3) is 0.933. The van der Waals surface area contributed by atoms with Crippen molar-refractivity contribution in [1.82, 2.24) is 5.32 Å². The topological polar surface area (TPSA) is 33.6 Å². The number of rotatable bonds is 8. The number of nitrogens with zero attached hydrogens (tertiary/aromatic N) is 1. The van der Waals surface area contributed by atoms with Crippen molar-refractivity contribution in [1.29, 1.82) is 0 Å². The lowest BCUT2D eigenvalue weighted by atomic mass is 9.90. The molecule has 1 aliphatic heterocycles. The predicted molar refractivity (Wildman–Crippen MR) is 86.0 cm³/mol. The molecule has 3 nitrogen and oxygen atoms in total. The average Bonchev–Trinajstić information content (AvgIpc) is 2.85. The molecule has 0 fully saturated rings. The maximum Gasteiger partial charge on any atom is 0.156 e. The minimum absolute atomic E-state index is 0.256. The second kappa shape index (κ2) is 8.15. The van der Waals surface area contributed by atoms with Crippen LogP contribution in [0, 0.1) is 11.3 Å². The van der Waals surface area contributed by atoms with Crippen molar-refractivity contribution in [2.24, 2.45) is 16.3 Å². The summed E-state index contributed by atoms with van der Waals surface area (Å²) in [6.45, 7) is 11.9. The first-order valence-electron chi connectivity index (χ1n) is 7.46. The Balaban J connectivity index is 2.32. The van der Waals surface area contributed by atoms with E-state index in [0.717, 1.165) is 37.2 Å². The highest BCUT2D eigenvalue weighted by atomic mass is 32.2. The van der Waals surface area contributed by atoms with Crippen molar-refractivity contribution in [3.8, 4) is 0 Å². The summed E-state index contributed by atoms with van der Waals surface area (Å²) in [7, 11) is 1.76. The molecule has 112 valence electrons. The molecule has 0 aromatic rings. The fourth-order valence-electron chi connectivity index (χ4n) is 2.33. The van der Waals surface area contributed by atoms with Gasteiger partial charge in [-0.3, -0.25) is 4.99 Å². The molecular formula is C15H30N2OS. The van der Waals surface area contributed by atoms with Gasteiger partial charge in [-0.05, 0) is 17.8 Å². The van der Waals surface area contributed by atoms with Crippen molar-refractivity contribution >= 4 is 16.9 Å². The SMILES string of the molecule is CCC(CC)C1CN=C(NCC(C)(C)CCOC)S1. The van der Waals surface area contributed by atoms with E-state index in [-0.39, 0.29) is 5.41 Å². The zero-order valence-electron chi connectivity index (χ0n) is 13.2. The zero-order chi connectivity index (χ0) is 14.3. The molecule has 1 heterocycles. The lowest BCUT2D eigenvalue weighted by molar-refractivity contribution is 0.153. The van der Waals surface area contributed by atoms with Crippen molar-refractivity contribution < 1.29 is 4.74 Å². The van der Waals surface area contributed by atoms with Crippen LogP contribution in [0.15, 0.2) is 4.99 Å². The van der Waals surface area contributed by atoms with Crippen LogP contribution in [0.5, 0.6) is 0 Å². The van der Waals surface area contributed by atoms with Gasteiger partial charge in [-0.15, -0.1) is 0 Å². The van der Waals surface area contributed by atoms with Crippen LogP contribution in [0.2, 0.25) is 0 Å². The Bertz CT molecular complexity index is 288. The fourth-order valence-corrected chi connectivity index (χ4v) is 3.65. The maximum atomic E-state index is 5.16. The van der Waals surface area contributed by atoms with Gasteiger partial charge in [-0.25, -0.2) is 0 Å². The summed E-state index contributed by atoms with van der Waals surface area (Å²) in [5, 5.41) is 5.34. The number of thioether (sulfide) groups is 1. The van der Waals surface area contributed by atoms with E-state index >= 15 is 0 Å². The van der Waals surface area contributed by atoms with Gasteiger partial charge in [-0.2, -0.15) is 0 Å². The number of hydrogen-bond acceptors (Lipinski definition) is 4. The quantitative estimate of drug-likeness (QED) is 0.741. The average molecular weight is 286 g/mol. The number of aliphatic imine (C=N–C) groups is 1. The minimum Gasteiger partial charge on any atom is -0.385 e. The molecule has 1 N–H and O–H groups in total. The highest BCUT2D eigenvalue weighted by Gasteiger charge is 2.27. The Labute approximate surface area is 123 Å². The summed E-state index contributed by atoms with van der Waals surface area (Å²) < 4.78 is 5.16. The molecule has 0 bridgehead atoms. The van der Waals surface area contributed by atoms with Crippen molar-refractivity contribution in [2.75, 3.05) is 26.8 Å². The third-order valence-corrected chi connectivity index (χ3v) is 5.29. The first kappa shape index (κ1) is 16.8. The van der Waals surface area contributed by atoms with Crippen LogP contribution in [0.1, 0.15) is 47.0 Å². The molecule has 0 spiro atoms. The molecule has 0 amide bonds. The van der Waals surface area contributed by atoms with Crippen LogP contribution in [-0.4, -0.2) is 37.2 Å². The minimum atomic E-state index is 0.256. The number of amidine groups is 1. The van der Waals surface area contributed by atoms with Gasteiger partial charge >= 0.3 is 0 Å². The van der Waals surface area contributed by atoms with Crippen LogP contribution < -0.4 is 5.32 Å². The first-order chi connectivity index (χ1) is 9.02. The molecule has 0 aromatic heterocycles. The van der Waals surface area contributed by atoms with Gasteiger partial charge in [0.1, 0.15) is 0 Å². The molecule has 0 aromatic carbocycles. The van der Waals surface area contributed by atoms with Crippen molar-refractivity contribution in [2.45, 2.75) is 52.2 Å². The van der Waals surface area contributed by atoms with Crippen LogP contribution in [0.25, 0.3) is 0 Å². The van der Waals surface area contributed by atoms with Crippen LogP contribution in [0.3, 0.4) is 0 Å². The van der Waals surface area contributed by atoms with Gasteiger partial charge in [0.05, 0.1) is 6.54 Å². The number of ether oxygens (including phenoxy) is 1.